The lowest BCUT2D eigenvalue weighted by Gasteiger charge is -2.23. The Balaban J connectivity index is 1.82. The molecule has 0 aliphatic carbocycles. The molecule has 1 atom stereocenters. The molecule has 0 amide bonds. The lowest BCUT2D eigenvalue weighted by Crippen LogP contribution is -2.33. The molecule has 7 heteroatoms. The van der Waals surface area contributed by atoms with Crippen LogP contribution in [0.1, 0.15) is 23.5 Å². The molecule has 0 spiro atoms. The standard InChI is InChI=1S/C20H13N3O4/c24-16-10-12(13-9-11-5-1-2-6-14(11)21-18(13)25)17-19(27-16)22-15-7-3-4-8-23(15)20(17)26/h1-9,12H,10H2,(H,21,25)/t12-/m0/s1. The number of ether oxygens (including phenoxy) is 1. The zero-order valence-corrected chi connectivity index (χ0v) is 14.0. The molecule has 1 aromatic carbocycles. The fraction of sp³-hybridized carbons (Fsp3) is 0.100. The highest BCUT2D eigenvalue weighted by atomic mass is 16.5. The van der Waals surface area contributed by atoms with Gasteiger partial charge in [-0.25, -0.2) is 0 Å². The predicted molar refractivity (Wildman–Crippen MR) is 98.1 cm³/mol. The Bertz CT molecular complexity index is 1350. The molecule has 5 rings (SSSR count). The van der Waals surface area contributed by atoms with Crippen LogP contribution in [0, 0.1) is 0 Å². The third-order valence-electron chi connectivity index (χ3n) is 4.82. The first kappa shape index (κ1) is 15.5. The molecule has 3 aromatic heterocycles. The fourth-order valence-corrected chi connectivity index (χ4v) is 3.57. The molecule has 4 aromatic rings. The minimum atomic E-state index is -0.716. The second-order valence-electron chi connectivity index (χ2n) is 6.44. The maximum absolute atomic E-state index is 13.1. The number of fused-ring (bicyclic) bond motifs is 3. The van der Waals surface area contributed by atoms with Crippen LogP contribution in [-0.4, -0.2) is 20.3 Å². The number of aromatic nitrogens is 3. The highest BCUT2D eigenvalue weighted by molar-refractivity contribution is 5.81. The highest BCUT2D eigenvalue weighted by Crippen LogP contribution is 2.34. The summed E-state index contributed by atoms with van der Waals surface area (Å²) in [7, 11) is 0. The fourth-order valence-electron chi connectivity index (χ4n) is 3.57. The number of esters is 1. The number of hydrogen-bond acceptors (Lipinski definition) is 5. The number of rotatable bonds is 1. The number of hydrogen-bond donors (Lipinski definition) is 1. The van der Waals surface area contributed by atoms with Crippen LogP contribution in [0.4, 0.5) is 0 Å². The van der Waals surface area contributed by atoms with Gasteiger partial charge in [0.15, 0.2) is 0 Å². The zero-order valence-electron chi connectivity index (χ0n) is 14.0. The molecule has 4 heterocycles. The summed E-state index contributed by atoms with van der Waals surface area (Å²) in [6.45, 7) is 0. The first-order valence-electron chi connectivity index (χ1n) is 8.46. The number of pyridine rings is 2. The van der Waals surface area contributed by atoms with Gasteiger partial charge in [0.25, 0.3) is 11.1 Å². The number of carbonyl (C=O) groups is 1. The van der Waals surface area contributed by atoms with Gasteiger partial charge in [-0.05, 0) is 29.7 Å². The van der Waals surface area contributed by atoms with Crippen molar-refractivity contribution < 1.29 is 9.53 Å². The molecule has 7 nitrogen and oxygen atoms in total. The second-order valence-corrected chi connectivity index (χ2v) is 6.44. The van der Waals surface area contributed by atoms with Crippen LogP contribution in [0.3, 0.4) is 0 Å². The summed E-state index contributed by atoms with van der Waals surface area (Å²) >= 11 is 0. The van der Waals surface area contributed by atoms with E-state index in [1.165, 1.54) is 4.40 Å². The van der Waals surface area contributed by atoms with E-state index in [0.717, 1.165) is 5.39 Å². The quantitative estimate of drug-likeness (QED) is 0.525. The predicted octanol–water partition coefficient (Wildman–Crippen LogP) is 1.98. The van der Waals surface area contributed by atoms with Gasteiger partial charge in [-0.1, -0.05) is 24.3 Å². The smallest absolute Gasteiger partial charge is 0.313 e. The molecule has 1 aliphatic rings. The van der Waals surface area contributed by atoms with Crippen molar-refractivity contribution in [3.63, 3.8) is 0 Å². The van der Waals surface area contributed by atoms with Gasteiger partial charge in [0.2, 0.25) is 5.88 Å². The van der Waals surface area contributed by atoms with Gasteiger partial charge < -0.3 is 9.72 Å². The van der Waals surface area contributed by atoms with E-state index in [2.05, 4.69) is 9.97 Å². The van der Waals surface area contributed by atoms with Crippen LogP contribution in [0.2, 0.25) is 0 Å². The Morgan fingerprint density at radius 2 is 1.89 bits per heavy atom. The normalized spacial score (nSPS) is 16.3. The SMILES string of the molecule is O=C1C[C@@H](c2cc3ccccc3[nH]c2=O)c2c(nc3ccccn3c2=O)O1. The third kappa shape index (κ3) is 2.36. The Labute approximate surface area is 151 Å². The third-order valence-corrected chi connectivity index (χ3v) is 4.82. The van der Waals surface area contributed by atoms with E-state index in [1.54, 1.807) is 36.5 Å². The summed E-state index contributed by atoms with van der Waals surface area (Å²) in [6.07, 6.45) is 1.51. The van der Waals surface area contributed by atoms with Crippen LogP contribution in [0.25, 0.3) is 16.6 Å². The van der Waals surface area contributed by atoms with Crippen molar-refractivity contribution in [3.8, 4) is 5.88 Å². The van der Waals surface area contributed by atoms with Crippen molar-refractivity contribution in [1.82, 2.24) is 14.4 Å². The number of H-pyrrole nitrogens is 1. The largest absolute Gasteiger partial charge is 0.407 e. The Morgan fingerprint density at radius 1 is 1.07 bits per heavy atom. The van der Waals surface area contributed by atoms with Crippen molar-refractivity contribution in [1.29, 1.82) is 0 Å². The van der Waals surface area contributed by atoms with E-state index < -0.39 is 11.9 Å². The molecular formula is C20H13N3O4. The van der Waals surface area contributed by atoms with Crippen molar-refractivity contribution >= 4 is 22.5 Å². The van der Waals surface area contributed by atoms with Crippen molar-refractivity contribution in [2.24, 2.45) is 0 Å². The van der Waals surface area contributed by atoms with Crippen LogP contribution in [0.15, 0.2) is 64.3 Å². The van der Waals surface area contributed by atoms with E-state index in [4.69, 9.17) is 4.74 Å². The summed E-state index contributed by atoms with van der Waals surface area (Å²) < 4.78 is 6.61. The summed E-state index contributed by atoms with van der Waals surface area (Å²) in [4.78, 5) is 45.0. The van der Waals surface area contributed by atoms with Crippen LogP contribution >= 0.6 is 0 Å². The molecule has 1 N–H and O–H groups in total. The Hall–Kier alpha value is -3.74. The van der Waals surface area contributed by atoms with Crippen LogP contribution in [0.5, 0.6) is 5.88 Å². The van der Waals surface area contributed by atoms with Gasteiger partial charge in [-0.15, -0.1) is 0 Å². The molecule has 0 fully saturated rings. The van der Waals surface area contributed by atoms with E-state index >= 15 is 0 Å². The van der Waals surface area contributed by atoms with Gasteiger partial charge in [-0.3, -0.25) is 18.8 Å². The number of benzene rings is 1. The van der Waals surface area contributed by atoms with E-state index in [1.807, 2.05) is 18.2 Å². The molecule has 0 saturated heterocycles. The summed E-state index contributed by atoms with van der Waals surface area (Å²) in [5.74, 6) is -1.26. The average Bonchev–Trinajstić information content (AvgIpc) is 2.67. The Morgan fingerprint density at radius 3 is 2.78 bits per heavy atom. The van der Waals surface area contributed by atoms with Crippen LogP contribution in [-0.2, 0) is 4.79 Å². The minimum absolute atomic E-state index is 0.0278. The van der Waals surface area contributed by atoms with E-state index in [0.29, 0.717) is 16.7 Å². The first-order chi connectivity index (χ1) is 13.1. The Kier molecular flexibility index (Phi) is 3.24. The molecule has 1 aliphatic heterocycles. The van der Waals surface area contributed by atoms with Crippen molar-refractivity contribution in [2.75, 3.05) is 0 Å². The van der Waals surface area contributed by atoms with E-state index in [9.17, 15) is 14.4 Å². The monoisotopic (exact) mass is 359 g/mol. The number of para-hydroxylation sites is 1. The summed E-state index contributed by atoms with van der Waals surface area (Å²) in [5, 5.41) is 0.821. The molecule has 27 heavy (non-hydrogen) atoms. The topological polar surface area (TPSA) is 93.5 Å². The van der Waals surface area contributed by atoms with Crippen LogP contribution < -0.4 is 15.9 Å². The molecule has 0 saturated carbocycles. The number of nitrogens with one attached hydrogen (secondary N) is 1. The number of nitrogens with zero attached hydrogens (tertiary/aromatic N) is 2. The van der Waals surface area contributed by atoms with Gasteiger partial charge in [0.1, 0.15) is 5.65 Å². The summed E-state index contributed by atoms with van der Waals surface area (Å²) in [5.41, 5.74) is 0.957. The second kappa shape index (κ2) is 5.63. The van der Waals surface area contributed by atoms with Gasteiger partial charge in [0.05, 0.1) is 12.0 Å². The molecule has 0 radical (unpaired) electrons. The average molecular weight is 359 g/mol. The van der Waals surface area contributed by atoms with Crippen molar-refractivity contribution in [3.05, 3.63) is 86.6 Å². The van der Waals surface area contributed by atoms with Gasteiger partial charge >= 0.3 is 5.97 Å². The highest BCUT2D eigenvalue weighted by Gasteiger charge is 2.34. The minimum Gasteiger partial charge on any atom is -0.407 e. The van der Waals surface area contributed by atoms with Gasteiger partial charge in [-0.2, -0.15) is 4.98 Å². The lowest BCUT2D eigenvalue weighted by atomic mass is 9.88. The molecular weight excluding hydrogens is 346 g/mol. The van der Waals surface area contributed by atoms with Gasteiger partial charge in [0, 0.05) is 23.2 Å². The summed E-state index contributed by atoms with van der Waals surface area (Å²) in [6, 6.07) is 14.2. The maximum atomic E-state index is 13.1. The molecule has 0 bridgehead atoms. The zero-order chi connectivity index (χ0) is 18.5. The number of carbonyl (C=O) groups excluding carboxylic acids is 1. The number of aromatic amines is 1. The lowest BCUT2D eigenvalue weighted by molar-refractivity contribution is -0.135. The maximum Gasteiger partial charge on any atom is 0.313 e. The molecule has 132 valence electrons. The van der Waals surface area contributed by atoms with E-state index in [-0.39, 0.29) is 29.0 Å². The van der Waals surface area contributed by atoms with Crippen molar-refractivity contribution in [2.45, 2.75) is 12.3 Å². The first-order valence-corrected chi connectivity index (χ1v) is 8.46. The molecule has 0 unspecified atom stereocenters.